The van der Waals surface area contributed by atoms with E-state index < -0.39 is 0 Å². The van der Waals surface area contributed by atoms with Gasteiger partial charge < -0.3 is 9.88 Å². The lowest BCUT2D eigenvalue weighted by Gasteiger charge is -2.19. The van der Waals surface area contributed by atoms with Gasteiger partial charge in [0, 0.05) is 19.2 Å². The number of benzene rings is 2. The van der Waals surface area contributed by atoms with Crippen molar-refractivity contribution in [3.05, 3.63) is 65.5 Å². The van der Waals surface area contributed by atoms with Crippen molar-refractivity contribution in [2.75, 3.05) is 12.3 Å². The molecule has 0 saturated heterocycles. The average Bonchev–Trinajstić information content (AvgIpc) is 3.08. The molecule has 1 heterocycles. The van der Waals surface area contributed by atoms with Crippen LogP contribution in [0.25, 0.3) is 11.4 Å². The van der Waals surface area contributed by atoms with Gasteiger partial charge in [-0.05, 0) is 35.1 Å². The molecular weight excluding hydrogens is 399 g/mol. The summed E-state index contributed by atoms with van der Waals surface area (Å²) < 4.78 is 14.8. The van der Waals surface area contributed by atoms with Crippen LogP contribution in [-0.2, 0) is 23.7 Å². The highest BCUT2D eigenvalue weighted by Gasteiger charge is 2.16. The Balaban J connectivity index is 1.52. The summed E-state index contributed by atoms with van der Waals surface area (Å²) >= 11 is 1.35. The number of hydrogen-bond acceptors (Lipinski definition) is 4. The van der Waals surface area contributed by atoms with E-state index in [2.05, 4.69) is 60.6 Å². The number of nitrogens with zero attached hydrogens (tertiary/aromatic N) is 3. The molecule has 0 saturated carbocycles. The van der Waals surface area contributed by atoms with Gasteiger partial charge in [-0.1, -0.05) is 68.9 Å². The molecule has 1 aromatic heterocycles. The van der Waals surface area contributed by atoms with Crippen LogP contribution in [0.15, 0.2) is 53.7 Å². The van der Waals surface area contributed by atoms with Gasteiger partial charge in [0.1, 0.15) is 5.82 Å². The van der Waals surface area contributed by atoms with Gasteiger partial charge in [-0.25, -0.2) is 4.39 Å². The lowest BCUT2D eigenvalue weighted by atomic mass is 9.87. The molecule has 0 aliphatic rings. The minimum Gasteiger partial charge on any atom is -0.355 e. The van der Waals surface area contributed by atoms with E-state index in [-0.39, 0.29) is 22.9 Å². The summed E-state index contributed by atoms with van der Waals surface area (Å²) in [6, 6.07) is 14.7. The van der Waals surface area contributed by atoms with Crippen molar-refractivity contribution in [2.24, 2.45) is 7.05 Å². The second-order valence-electron chi connectivity index (χ2n) is 8.21. The van der Waals surface area contributed by atoms with E-state index >= 15 is 0 Å². The van der Waals surface area contributed by atoms with Crippen LogP contribution in [0.2, 0.25) is 0 Å². The number of carbonyl (C=O) groups excluding carboxylic acids is 1. The molecule has 5 nitrogen and oxygen atoms in total. The van der Waals surface area contributed by atoms with Gasteiger partial charge in [0.2, 0.25) is 5.91 Å². The molecular formula is C23H27FN4OS. The van der Waals surface area contributed by atoms with E-state index in [1.807, 2.05) is 11.6 Å². The topological polar surface area (TPSA) is 59.8 Å². The summed E-state index contributed by atoms with van der Waals surface area (Å²) in [7, 11) is 1.90. The van der Waals surface area contributed by atoms with Crippen molar-refractivity contribution in [2.45, 2.75) is 37.8 Å². The summed E-state index contributed by atoms with van der Waals surface area (Å²) in [4.78, 5) is 12.1. The Hall–Kier alpha value is -2.67. The Bertz CT molecular complexity index is 992. The van der Waals surface area contributed by atoms with Gasteiger partial charge in [0.15, 0.2) is 11.0 Å². The molecule has 158 valence electrons. The number of aromatic nitrogens is 3. The van der Waals surface area contributed by atoms with Crippen LogP contribution in [0, 0.1) is 5.82 Å². The van der Waals surface area contributed by atoms with Crippen LogP contribution in [0.5, 0.6) is 0 Å². The van der Waals surface area contributed by atoms with E-state index in [4.69, 9.17) is 0 Å². The van der Waals surface area contributed by atoms with E-state index in [9.17, 15) is 9.18 Å². The number of carbonyl (C=O) groups is 1. The van der Waals surface area contributed by atoms with Crippen molar-refractivity contribution < 1.29 is 9.18 Å². The third kappa shape index (κ3) is 5.69. The Morgan fingerprint density at radius 1 is 1.07 bits per heavy atom. The Labute approximate surface area is 181 Å². The summed E-state index contributed by atoms with van der Waals surface area (Å²) in [6.45, 7) is 7.06. The fraction of sp³-hybridized carbons (Fsp3) is 0.348. The molecule has 0 bridgehead atoms. The molecule has 0 fully saturated rings. The maximum Gasteiger partial charge on any atom is 0.230 e. The summed E-state index contributed by atoms with van der Waals surface area (Å²) in [5.41, 5.74) is 3.34. The first-order valence-corrected chi connectivity index (χ1v) is 10.9. The van der Waals surface area contributed by atoms with Crippen LogP contribution < -0.4 is 5.32 Å². The van der Waals surface area contributed by atoms with Crippen molar-refractivity contribution >= 4 is 17.7 Å². The lowest BCUT2D eigenvalue weighted by molar-refractivity contribution is -0.118. The molecule has 30 heavy (non-hydrogen) atoms. The van der Waals surface area contributed by atoms with Crippen LogP contribution in [-0.4, -0.2) is 33.0 Å². The number of thioether (sulfide) groups is 1. The normalized spacial score (nSPS) is 11.5. The third-order valence-corrected chi connectivity index (χ3v) is 5.85. The summed E-state index contributed by atoms with van der Waals surface area (Å²) in [5.74, 6) is 0.710. The van der Waals surface area contributed by atoms with E-state index in [1.165, 1.54) is 29.5 Å². The smallest absolute Gasteiger partial charge is 0.230 e. The molecule has 7 heteroatoms. The maximum absolute atomic E-state index is 12.9. The first-order valence-electron chi connectivity index (χ1n) is 9.88. The Morgan fingerprint density at radius 3 is 2.37 bits per heavy atom. The highest BCUT2D eigenvalue weighted by Crippen LogP contribution is 2.26. The lowest BCUT2D eigenvalue weighted by Crippen LogP contribution is -2.27. The van der Waals surface area contributed by atoms with Crippen LogP contribution >= 0.6 is 11.8 Å². The minimum absolute atomic E-state index is 0.0683. The van der Waals surface area contributed by atoms with Crippen molar-refractivity contribution in [3.63, 3.8) is 0 Å². The van der Waals surface area contributed by atoms with Gasteiger partial charge in [-0.15, -0.1) is 10.2 Å². The SMILES string of the molecule is Cn1c(SCC(=O)NCCc2ccc(F)cc2)nnc1-c1ccc(C(C)(C)C)cc1. The predicted octanol–water partition coefficient (Wildman–Crippen LogP) is 4.37. The van der Waals surface area contributed by atoms with Crippen LogP contribution in [0.1, 0.15) is 31.9 Å². The fourth-order valence-corrected chi connectivity index (χ4v) is 3.73. The Morgan fingerprint density at radius 2 is 1.73 bits per heavy atom. The van der Waals surface area contributed by atoms with Gasteiger partial charge >= 0.3 is 0 Å². The molecule has 1 amide bonds. The molecule has 1 N–H and O–H groups in total. The molecule has 0 atom stereocenters. The molecule has 0 aliphatic carbocycles. The van der Waals surface area contributed by atoms with Crippen LogP contribution in [0.4, 0.5) is 4.39 Å². The maximum atomic E-state index is 12.9. The second-order valence-corrected chi connectivity index (χ2v) is 9.15. The second kappa shape index (κ2) is 9.43. The highest BCUT2D eigenvalue weighted by molar-refractivity contribution is 7.99. The molecule has 2 aromatic carbocycles. The number of hydrogen-bond donors (Lipinski definition) is 1. The van der Waals surface area contributed by atoms with Gasteiger partial charge in [-0.3, -0.25) is 4.79 Å². The largest absolute Gasteiger partial charge is 0.355 e. The van der Waals surface area contributed by atoms with E-state index in [0.29, 0.717) is 18.1 Å². The molecule has 0 aliphatic heterocycles. The zero-order valence-corrected chi connectivity index (χ0v) is 18.6. The quantitative estimate of drug-likeness (QED) is 0.570. The number of amides is 1. The minimum atomic E-state index is -0.257. The van der Waals surface area contributed by atoms with Crippen LogP contribution in [0.3, 0.4) is 0 Å². The summed E-state index contributed by atoms with van der Waals surface area (Å²) in [5, 5.41) is 12.1. The third-order valence-electron chi connectivity index (χ3n) is 4.83. The van der Waals surface area contributed by atoms with Gasteiger partial charge in [-0.2, -0.15) is 0 Å². The van der Waals surface area contributed by atoms with Crippen molar-refractivity contribution in [1.29, 1.82) is 0 Å². The first-order chi connectivity index (χ1) is 14.2. The van der Waals surface area contributed by atoms with Crippen molar-refractivity contribution in [3.8, 4) is 11.4 Å². The van der Waals surface area contributed by atoms with E-state index in [1.54, 1.807) is 12.1 Å². The summed E-state index contributed by atoms with van der Waals surface area (Å²) in [6.07, 6.45) is 0.662. The van der Waals surface area contributed by atoms with Gasteiger partial charge in [0.05, 0.1) is 5.75 Å². The standard InChI is InChI=1S/C23H27FN4OS/c1-23(2,3)18-9-7-17(8-10-18)21-26-27-22(28(21)4)30-15-20(29)25-14-13-16-5-11-19(24)12-6-16/h5-12H,13-15H2,1-4H3,(H,25,29). The average molecular weight is 427 g/mol. The molecule has 0 radical (unpaired) electrons. The number of halogens is 1. The fourth-order valence-electron chi connectivity index (χ4n) is 2.99. The van der Waals surface area contributed by atoms with Gasteiger partial charge in [0.25, 0.3) is 0 Å². The monoisotopic (exact) mass is 426 g/mol. The molecule has 0 unspecified atom stereocenters. The zero-order valence-electron chi connectivity index (χ0n) is 17.8. The predicted molar refractivity (Wildman–Crippen MR) is 119 cm³/mol. The van der Waals surface area contributed by atoms with Crippen molar-refractivity contribution in [1.82, 2.24) is 20.1 Å². The Kier molecular flexibility index (Phi) is 6.92. The number of nitrogens with one attached hydrogen (secondary N) is 1. The molecule has 0 spiro atoms. The first kappa shape index (κ1) is 22.0. The zero-order chi connectivity index (χ0) is 21.7. The van der Waals surface area contributed by atoms with E-state index in [0.717, 1.165) is 17.0 Å². The highest BCUT2D eigenvalue weighted by atomic mass is 32.2. The molecule has 3 rings (SSSR count). The molecule has 3 aromatic rings. The number of rotatable bonds is 7.